The van der Waals surface area contributed by atoms with Crippen molar-refractivity contribution in [2.45, 2.75) is 64.2 Å². The number of aliphatic hydroxyl groups excluding tert-OH is 1. The number of nitrogens with zero attached hydrogens (tertiary/aromatic N) is 5. The number of hydrogen-bond donors (Lipinski definition) is 2. The van der Waals surface area contributed by atoms with Gasteiger partial charge in [0.2, 0.25) is 5.88 Å². The molecule has 1 fully saturated rings. The van der Waals surface area contributed by atoms with Crippen LogP contribution in [0.25, 0.3) is 33.6 Å². The minimum Gasteiger partial charge on any atom is -0.511 e. The van der Waals surface area contributed by atoms with Crippen LogP contribution in [0.1, 0.15) is 48.9 Å². The molecule has 49 heavy (non-hydrogen) atoms. The molecule has 2 aliphatic heterocycles. The Hall–Kier alpha value is -4.24. The highest BCUT2D eigenvalue weighted by atomic mass is 35.5. The molecule has 2 aliphatic rings. The summed E-state index contributed by atoms with van der Waals surface area (Å²) in [6, 6.07) is 20.0. The van der Waals surface area contributed by atoms with Crippen molar-refractivity contribution in [3.63, 3.8) is 0 Å². The SMILES string of the molecule is C=C(O)[C@@H]1CCCCN1Cc1ccc(-c2cccc(-c3cccc(-c4ccc(C[N+](=C)C[C@@H]5CCC(N)=N5)c(C)n4)c3Cl)c2Cl)nc1OC. The smallest absolute Gasteiger partial charge is 0.218 e. The quantitative estimate of drug-likeness (QED) is 0.0930. The van der Waals surface area contributed by atoms with Gasteiger partial charge in [0.25, 0.3) is 0 Å². The number of piperidine rings is 1. The van der Waals surface area contributed by atoms with Crippen LogP contribution in [0.3, 0.4) is 0 Å². The van der Waals surface area contributed by atoms with E-state index in [0.717, 1.165) is 95.8 Å². The Morgan fingerprint density at radius 3 is 2.16 bits per heavy atom. The number of halogens is 2. The van der Waals surface area contributed by atoms with Gasteiger partial charge in [-0.3, -0.25) is 14.9 Å². The van der Waals surface area contributed by atoms with Crippen LogP contribution in [-0.4, -0.2) is 69.4 Å². The van der Waals surface area contributed by atoms with Crippen molar-refractivity contribution in [3.05, 3.63) is 99.9 Å². The van der Waals surface area contributed by atoms with E-state index >= 15 is 0 Å². The zero-order valence-corrected chi connectivity index (χ0v) is 29.6. The molecule has 2 atom stereocenters. The summed E-state index contributed by atoms with van der Waals surface area (Å²) in [6.07, 6.45) is 4.86. The van der Waals surface area contributed by atoms with E-state index in [1.165, 1.54) is 0 Å². The zero-order chi connectivity index (χ0) is 34.7. The van der Waals surface area contributed by atoms with Gasteiger partial charge in [-0.15, -0.1) is 0 Å². The summed E-state index contributed by atoms with van der Waals surface area (Å²) < 4.78 is 7.77. The molecule has 10 heteroatoms. The summed E-state index contributed by atoms with van der Waals surface area (Å²) in [5.74, 6) is 1.46. The second-order valence-electron chi connectivity index (χ2n) is 12.9. The fourth-order valence-electron chi connectivity index (χ4n) is 6.89. The van der Waals surface area contributed by atoms with Crippen molar-refractivity contribution in [1.29, 1.82) is 0 Å². The van der Waals surface area contributed by atoms with Crippen LogP contribution in [0, 0.1) is 6.92 Å². The molecule has 6 rings (SSSR count). The van der Waals surface area contributed by atoms with E-state index in [9.17, 15) is 5.11 Å². The van der Waals surface area contributed by atoms with Gasteiger partial charge in [0.05, 0.1) is 40.4 Å². The maximum atomic E-state index is 10.2. The highest BCUT2D eigenvalue weighted by Gasteiger charge is 2.26. The molecule has 0 spiro atoms. The first-order valence-electron chi connectivity index (χ1n) is 16.7. The average molecular weight is 699 g/mol. The van der Waals surface area contributed by atoms with E-state index in [1.807, 2.05) is 66.1 Å². The number of aliphatic hydroxyl groups is 1. The largest absolute Gasteiger partial charge is 0.511 e. The van der Waals surface area contributed by atoms with Crippen molar-refractivity contribution in [1.82, 2.24) is 14.9 Å². The molecule has 0 bridgehead atoms. The number of aromatic nitrogens is 2. The minimum absolute atomic E-state index is 0.0663. The predicted molar refractivity (Wildman–Crippen MR) is 200 cm³/mol. The number of hydrogen-bond acceptors (Lipinski definition) is 7. The Kier molecular flexibility index (Phi) is 10.7. The molecule has 254 valence electrons. The van der Waals surface area contributed by atoms with Gasteiger partial charge in [0, 0.05) is 52.0 Å². The highest BCUT2D eigenvalue weighted by Crippen LogP contribution is 2.42. The number of aliphatic imine (C=N–C) groups is 1. The maximum Gasteiger partial charge on any atom is 0.218 e. The van der Waals surface area contributed by atoms with Crippen LogP contribution in [0.4, 0.5) is 0 Å². The Labute approximate surface area is 298 Å². The van der Waals surface area contributed by atoms with E-state index in [0.29, 0.717) is 34.7 Å². The lowest BCUT2D eigenvalue weighted by atomic mass is 9.97. The minimum atomic E-state index is -0.0663. The number of rotatable bonds is 11. The van der Waals surface area contributed by atoms with Gasteiger partial charge in [-0.05, 0) is 50.9 Å². The third kappa shape index (κ3) is 7.67. The summed E-state index contributed by atoms with van der Waals surface area (Å²) in [6.45, 7) is 12.9. The molecule has 4 aromatic rings. The third-order valence-corrected chi connectivity index (χ3v) is 10.3. The van der Waals surface area contributed by atoms with Gasteiger partial charge in [0.1, 0.15) is 18.5 Å². The van der Waals surface area contributed by atoms with Gasteiger partial charge in [-0.1, -0.05) is 78.7 Å². The fraction of sp³-hybridized carbons (Fsp3) is 0.333. The zero-order valence-electron chi connectivity index (χ0n) is 28.1. The molecule has 3 N–H and O–H groups in total. The number of methoxy groups -OCH3 is 1. The molecule has 1 saturated heterocycles. The lowest BCUT2D eigenvalue weighted by Gasteiger charge is -2.35. The predicted octanol–water partition coefficient (Wildman–Crippen LogP) is 8.26. The van der Waals surface area contributed by atoms with Crippen LogP contribution in [-0.2, 0) is 13.1 Å². The summed E-state index contributed by atoms with van der Waals surface area (Å²) in [5, 5.41) is 11.3. The van der Waals surface area contributed by atoms with E-state index in [-0.39, 0.29) is 17.8 Å². The van der Waals surface area contributed by atoms with Crippen LogP contribution in [0.5, 0.6) is 5.88 Å². The summed E-state index contributed by atoms with van der Waals surface area (Å²) in [4.78, 5) is 16.6. The summed E-state index contributed by atoms with van der Waals surface area (Å²) in [5.41, 5.74) is 13.5. The van der Waals surface area contributed by atoms with Crippen molar-refractivity contribution in [2.24, 2.45) is 10.7 Å². The van der Waals surface area contributed by atoms with E-state index in [4.69, 9.17) is 43.6 Å². The Bertz CT molecular complexity index is 1930. The molecule has 0 unspecified atom stereocenters. The Balaban J connectivity index is 1.24. The number of aryl methyl sites for hydroxylation is 1. The van der Waals surface area contributed by atoms with Gasteiger partial charge in [-0.2, -0.15) is 0 Å². The highest BCUT2D eigenvalue weighted by molar-refractivity contribution is 6.39. The molecule has 0 amide bonds. The van der Waals surface area contributed by atoms with Gasteiger partial charge < -0.3 is 15.6 Å². The van der Waals surface area contributed by atoms with Gasteiger partial charge in [-0.25, -0.2) is 9.56 Å². The molecule has 0 radical (unpaired) electrons. The van der Waals surface area contributed by atoms with Crippen LogP contribution in [0.15, 0.2) is 78.0 Å². The van der Waals surface area contributed by atoms with Gasteiger partial charge in [0.15, 0.2) is 13.1 Å². The number of pyridine rings is 2. The lowest BCUT2D eigenvalue weighted by molar-refractivity contribution is -0.537. The monoisotopic (exact) mass is 697 g/mol. The Morgan fingerprint density at radius 1 is 0.939 bits per heavy atom. The molecule has 0 saturated carbocycles. The number of benzene rings is 2. The van der Waals surface area contributed by atoms with E-state index in [1.54, 1.807) is 7.11 Å². The van der Waals surface area contributed by atoms with Gasteiger partial charge >= 0.3 is 0 Å². The van der Waals surface area contributed by atoms with Crippen molar-refractivity contribution in [3.8, 4) is 39.5 Å². The molecule has 0 aliphatic carbocycles. The number of ether oxygens (including phenoxy) is 1. The average Bonchev–Trinajstić information content (AvgIpc) is 3.50. The molecule has 4 heterocycles. The molecular formula is C39H43Cl2N6O2+. The first kappa shape index (κ1) is 34.6. The lowest BCUT2D eigenvalue weighted by Crippen LogP contribution is -2.40. The first-order valence-corrected chi connectivity index (χ1v) is 17.5. The van der Waals surface area contributed by atoms with Crippen molar-refractivity contribution < 1.29 is 14.4 Å². The Morgan fingerprint density at radius 2 is 1.57 bits per heavy atom. The number of nitrogens with two attached hydrogens (primary N) is 1. The van der Waals surface area contributed by atoms with Crippen LogP contribution in [0.2, 0.25) is 10.0 Å². The van der Waals surface area contributed by atoms with E-state index in [2.05, 4.69) is 29.3 Å². The van der Waals surface area contributed by atoms with E-state index < -0.39 is 0 Å². The summed E-state index contributed by atoms with van der Waals surface area (Å²) in [7, 11) is 1.62. The first-order chi connectivity index (χ1) is 23.6. The second kappa shape index (κ2) is 15.1. The van der Waals surface area contributed by atoms with Crippen LogP contribution >= 0.6 is 23.2 Å². The molecule has 2 aromatic carbocycles. The van der Waals surface area contributed by atoms with Crippen molar-refractivity contribution >= 4 is 35.8 Å². The second-order valence-corrected chi connectivity index (χ2v) is 13.7. The molecule has 8 nitrogen and oxygen atoms in total. The standard InChI is InChI=1S/C39H42Cl2N6O2/c1-24-26(21-46(3)23-28-16-19-36(42)44-28)14-17-33(43-24)31-11-7-9-29(37(31)40)30-10-8-12-32(38(30)41)34-18-15-27(39(45-34)49-4)22-47-20-6-5-13-35(47)25(2)48/h7-12,14-15,17-18,28,35H,2-3,5-6,13,16,19-23H2,1,4H3,(H2-,42,44,48)/p+1/t28-,35-/m0/s1. The molecular weight excluding hydrogens is 655 g/mol. The third-order valence-electron chi connectivity index (χ3n) is 9.48. The summed E-state index contributed by atoms with van der Waals surface area (Å²) >= 11 is 14.3. The topological polar surface area (TPSA) is 99.9 Å². The fourth-order valence-corrected chi connectivity index (χ4v) is 7.54. The normalized spacial score (nSPS) is 17.9. The molecule has 2 aromatic heterocycles. The maximum absolute atomic E-state index is 10.2. The number of likely N-dealkylation sites (tertiary alicyclic amines) is 1. The van der Waals surface area contributed by atoms with Crippen LogP contribution < -0.4 is 10.5 Å². The van der Waals surface area contributed by atoms with Crippen molar-refractivity contribution in [2.75, 3.05) is 20.2 Å². The number of amidine groups is 1.